The van der Waals surface area contributed by atoms with E-state index in [1.807, 2.05) is 6.92 Å². The minimum Gasteiger partial charge on any atom is -0.476 e. The second kappa shape index (κ2) is 9.22. The first-order valence-corrected chi connectivity index (χ1v) is 9.20. The fraction of sp³-hybridized carbons (Fsp3) is 0.400. The van der Waals surface area contributed by atoms with E-state index in [1.54, 1.807) is 31.2 Å². The van der Waals surface area contributed by atoms with Crippen molar-refractivity contribution in [2.45, 2.75) is 33.3 Å². The van der Waals surface area contributed by atoms with Crippen LogP contribution in [0.2, 0.25) is 0 Å². The molecule has 0 unspecified atom stereocenters. The van der Waals surface area contributed by atoms with Gasteiger partial charge in [-0.3, -0.25) is 0 Å². The van der Waals surface area contributed by atoms with Crippen molar-refractivity contribution in [3.8, 4) is 0 Å². The molecule has 0 aliphatic heterocycles. The van der Waals surface area contributed by atoms with Crippen LogP contribution in [0.4, 0.5) is 0 Å². The van der Waals surface area contributed by atoms with E-state index in [0.29, 0.717) is 29.4 Å². The summed E-state index contributed by atoms with van der Waals surface area (Å²) in [6.07, 6.45) is 2.20. The highest BCUT2D eigenvalue weighted by Crippen LogP contribution is 2.29. The van der Waals surface area contributed by atoms with Gasteiger partial charge in [-0.1, -0.05) is 28.5 Å². The van der Waals surface area contributed by atoms with Crippen molar-refractivity contribution < 1.29 is 28.8 Å². The molecule has 9 heteroatoms. The molecule has 2 aromatic rings. The van der Waals surface area contributed by atoms with Crippen molar-refractivity contribution in [3.63, 3.8) is 0 Å². The molecule has 154 valence electrons. The molecule has 1 heterocycles. The molecule has 0 bridgehead atoms. The molecule has 0 saturated heterocycles. The summed E-state index contributed by atoms with van der Waals surface area (Å²) in [5.74, 6) is 0.0854. The van der Waals surface area contributed by atoms with Crippen LogP contribution in [0.1, 0.15) is 41.0 Å². The van der Waals surface area contributed by atoms with E-state index in [-0.39, 0.29) is 18.2 Å². The molecule has 9 nitrogen and oxygen atoms in total. The molecule has 0 amide bonds. The highest BCUT2D eigenvalue weighted by atomic mass is 16.6. The zero-order valence-electron chi connectivity index (χ0n) is 16.5. The number of carboxylic acid groups (broad SMARTS) is 1. The second-order valence-electron chi connectivity index (χ2n) is 6.70. The number of oxime groups is 2. The molecule has 0 spiro atoms. The maximum atomic E-state index is 11.6. The maximum Gasteiger partial charge on any atom is 0.358 e. The third kappa shape index (κ3) is 5.13. The van der Waals surface area contributed by atoms with Crippen LogP contribution in [0.3, 0.4) is 0 Å². The van der Waals surface area contributed by atoms with Gasteiger partial charge < -0.3 is 24.0 Å². The summed E-state index contributed by atoms with van der Waals surface area (Å²) in [6.45, 7) is 4.24. The molecule has 1 saturated carbocycles. The Morgan fingerprint density at radius 1 is 1.24 bits per heavy atom. The minimum atomic E-state index is -1.22. The summed E-state index contributed by atoms with van der Waals surface area (Å²) in [5, 5.41) is 21.2. The number of carboxylic acids is 1. The molecule has 1 fully saturated rings. The Morgan fingerprint density at radius 2 is 1.97 bits per heavy atom. The first-order chi connectivity index (χ1) is 14.0. The van der Waals surface area contributed by atoms with Gasteiger partial charge in [0, 0.05) is 11.1 Å². The Hall–Kier alpha value is -3.36. The third-order valence-corrected chi connectivity index (χ3v) is 4.49. The first kappa shape index (κ1) is 20.4. The topological polar surface area (TPSA) is 116 Å². The number of rotatable bonds is 9. The van der Waals surface area contributed by atoms with E-state index in [9.17, 15) is 9.90 Å². The summed E-state index contributed by atoms with van der Waals surface area (Å²) in [7, 11) is 1.29. The van der Waals surface area contributed by atoms with Gasteiger partial charge in [0.05, 0.1) is 17.9 Å². The summed E-state index contributed by atoms with van der Waals surface area (Å²) in [4.78, 5) is 21.9. The number of aliphatic carboxylic acids is 1. The largest absolute Gasteiger partial charge is 0.476 e. The average molecular weight is 401 g/mol. The molecule has 1 aromatic carbocycles. The molecule has 1 aromatic heterocycles. The summed E-state index contributed by atoms with van der Waals surface area (Å²) in [6, 6.07) is 6.78. The van der Waals surface area contributed by atoms with Crippen LogP contribution in [0.15, 0.2) is 39.1 Å². The number of hydrogen-bond donors (Lipinski definition) is 1. The standard InChI is InChI=1S/C20H23N3O6/c1-12-17(13(2)29-21-12)11-28-23-19(27-10-14-8-9-14)16-7-5-4-6-15(16)18(20(24)25)22-26-3/h4-7,14H,8-11H2,1-3H3,(H,24,25)/b22-18+,23-19+. The van der Waals surface area contributed by atoms with E-state index >= 15 is 0 Å². The van der Waals surface area contributed by atoms with E-state index in [0.717, 1.165) is 24.1 Å². The van der Waals surface area contributed by atoms with E-state index in [2.05, 4.69) is 15.5 Å². The van der Waals surface area contributed by atoms with Gasteiger partial charge in [-0.25, -0.2) is 4.79 Å². The van der Waals surface area contributed by atoms with Crippen LogP contribution >= 0.6 is 0 Å². The quantitative estimate of drug-likeness (QED) is 0.390. The lowest BCUT2D eigenvalue weighted by molar-refractivity contribution is -0.129. The highest BCUT2D eigenvalue weighted by molar-refractivity contribution is 6.43. The molecule has 1 aliphatic carbocycles. The Bertz CT molecular complexity index is 911. The first-order valence-electron chi connectivity index (χ1n) is 9.20. The van der Waals surface area contributed by atoms with Crippen molar-refractivity contribution in [1.29, 1.82) is 0 Å². The van der Waals surface area contributed by atoms with Gasteiger partial charge in [0.2, 0.25) is 0 Å². The number of benzene rings is 1. The highest BCUT2D eigenvalue weighted by Gasteiger charge is 2.26. The Kier molecular flexibility index (Phi) is 6.48. The van der Waals surface area contributed by atoms with Crippen molar-refractivity contribution in [2.75, 3.05) is 13.7 Å². The second-order valence-corrected chi connectivity index (χ2v) is 6.70. The van der Waals surface area contributed by atoms with Crippen LogP contribution in [0, 0.1) is 19.8 Å². The zero-order chi connectivity index (χ0) is 20.8. The molecular weight excluding hydrogens is 378 g/mol. The average Bonchev–Trinajstić information content (AvgIpc) is 3.48. The normalized spacial score (nSPS) is 14.6. The van der Waals surface area contributed by atoms with Crippen LogP contribution in [0.5, 0.6) is 0 Å². The monoisotopic (exact) mass is 401 g/mol. The van der Waals surface area contributed by atoms with Gasteiger partial charge >= 0.3 is 5.97 Å². The number of hydrogen-bond acceptors (Lipinski definition) is 8. The van der Waals surface area contributed by atoms with Crippen LogP contribution in [-0.2, 0) is 25.8 Å². The van der Waals surface area contributed by atoms with Gasteiger partial charge in [-0.05, 0) is 43.8 Å². The number of ether oxygens (including phenoxy) is 1. The summed E-state index contributed by atoms with van der Waals surface area (Å²) in [5.41, 5.74) is 2.04. The van der Waals surface area contributed by atoms with Gasteiger partial charge in [0.15, 0.2) is 5.71 Å². The van der Waals surface area contributed by atoms with Crippen LogP contribution in [0.25, 0.3) is 0 Å². The molecule has 1 N–H and O–H groups in total. The molecule has 1 aliphatic rings. The molecule has 0 radical (unpaired) electrons. The number of nitrogens with zero attached hydrogens (tertiary/aromatic N) is 3. The van der Waals surface area contributed by atoms with E-state index < -0.39 is 5.97 Å². The SMILES string of the molecule is CO/N=C(/C(=O)O)c1ccccc1/C(=N\OCc1c(C)noc1C)OCC1CC1. The predicted molar refractivity (Wildman–Crippen MR) is 104 cm³/mol. The molecular formula is C20H23N3O6. The Labute approximate surface area is 167 Å². The molecule has 3 rings (SSSR count). The van der Waals surface area contributed by atoms with Crippen molar-refractivity contribution in [3.05, 3.63) is 52.4 Å². The van der Waals surface area contributed by atoms with Crippen molar-refractivity contribution >= 4 is 17.6 Å². The lowest BCUT2D eigenvalue weighted by Gasteiger charge is -2.13. The van der Waals surface area contributed by atoms with Crippen LogP contribution < -0.4 is 0 Å². The zero-order valence-corrected chi connectivity index (χ0v) is 16.5. The van der Waals surface area contributed by atoms with Crippen molar-refractivity contribution in [1.82, 2.24) is 5.16 Å². The summed E-state index contributed by atoms with van der Waals surface area (Å²) >= 11 is 0. The van der Waals surface area contributed by atoms with Gasteiger partial charge in [0.1, 0.15) is 19.5 Å². The summed E-state index contributed by atoms with van der Waals surface area (Å²) < 4.78 is 11.0. The Balaban J connectivity index is 1.90. The fourth-order valence-electron chi connectivity index (χ4n) is 2.67. The molecule has 29 heavy (non-hydrogen) atoms. The lowest BCUT2D eigenvalue weighted by atomic mass is 10.0. The lowest BCUT2D eigenvalue weighted by Crippen LogP contribution is -2.20. The van der Waals surface area contributed by atoms with E-state index in [4.69, 9.17) is 18.9 Å². The maximum absolute atomic E-state index is 11.6. The van der Waals surface area contributed by atoms with Gasteiger partial charge in [-0.15, -0.1) is 0 Å². The molecule has 0 atom stereocenters. The van der Waals surface area contributed by atoms with Gasteiger partial charge in [0.25, 0.3) is 5.90 Å². The van der Waals surface area contributed by atoms with Crippen LogP contribution in [-0.4, -0.2) is 41.6 Å². The predicted octanol–water partition coefficient (Wildman–Crippen LogP) is 3.03. The fourth-order valence-corrected chi connectivity index (χ4v) is 2.67. The third-order valence-electron chi connectivity index (χ3n) is 4.49. The minimum absolute atomic E-state index is 0.150. The number of aryl methyl sites for hydroxylation is 2. The van der Waals surface area contributed by atoms with Gasteiger partial charge in [-0.2, -0.15) is 0 Å². The number of carbonyl (C=O) groups is 1. The number of aromatic nitrogens is 1. The van der Waals surface area contributed by atoms with Crippen molar-refractivity contribution in [2.24, 2.45) is 16.2 Å². The smallest absolute Gasteiger partial charge is 0.358 e. The Morgan fingerprint density at radius 3 is 2.55 bits per heavy atom. The van der Waals surface area contributed by atoms with E-state index in [1.165, 1.54) is 7.11 Å².